The lowest BCUT2D eigenvalue weighted by Crippen LogP contribution is -1.87. The monoisotopic (exact) mass is 238 g/mol. The van der Waals surface area contributed by atoms with Gasteiger partial charge in [0.15, 0.2) is 0 Å². The molecule has 0 aliphatic carbocycles. The highest BCUT2D eigenvalue weighted by molar-refractivity contribution is 5.34. The Bertz CT molecular complexity index is 498. The molecule has 92 valence electrons. The normalized spacial score (nSPS) is 11.3. The van der Waals surface area contributed by atoms with Crippen LogP contribution in [-0.4, -0.2) is 0 Å². The van der Waals surface area contributed by atoms with Crippen molar-refractivity contribution in [2.75, 3.05) is 0 Å². The van der Waals surface area contributed by atoms with Gasteiger partial charge >= 0.3 is 0 Å². The van der Waals surface area contributed by atoms with Crippen molar-refractivity contribution in [2.24, 2.45) is 10.2 Å². The Labute approximate surface area is 108 Å². The molecular formula is C16H18N2. The summed E-state index contributed by atoms with van der Waals surface area (Å²) in [6.07, 6.45) is 0. The second-order valence-electron chi connectivity index (χ2n) is 4.63. The van der Waals surface area contributed by atoms with E-state index in [1.807, 2.05) is 30.3 Å². The predicted molar refractivity (Wildman–Crippen MR) is 75.2 cm³/mol. The standard InChI is InChI=1S/C16H18N2/c1-13(2)15-10-8-14(9-11-15)12-17-18-16-6-4-3-5-7-16/h3-11,13H,12H2,1-2H3. The van der Waals surface area contributed by atoms with Crippen LogP contribution < -0.4 is 0 Å². The zero-order valence-electron chi connectivity index (χ0n) is 10.9. The third-order valence-electron chi connectivity index (χ3n) is 2.84. The number of hydrogen-bond donors (Lipinski definition) is 0. The smallest absolute Gasteiger partial charge is 0.0853 e. The molecule has 0 aliphatic heterocycles. The van der Waals surface area contributed by atoms with Crippen LogP contribution in [0.3, 0.4) is 0 Å². The second kappa shape index (κ2) is 6.10. The molecule has 2 aromatic carbocycles. The lowest BCUT2D eigenvalue weighted by atomic mass is 10.0. The Hall–Kier alpha value is -1.96. The van der Waals surface area contributed by atoms with Crippen LogP contribution in [0.1, 0.15) is 30.9 Å². The van der Waals surface area contributed by atoms with Crippen LogP contribution in [0, 0.1) is 0 Å². The second-order valence-corrected chi connectivity index (χ2v) is 4.63. The molecule has 0 N–H and O–H groups in total. The van der Waals surface area contributed by atoms with Gasteiger partial charge in [0.2, 0.25) is 0 Å². The molecule has 0 atom stereocenters. The molecule has 0 saturated heterocycles. The number of rotatable bonds is 4. The minimum Gasteiger partial charge on any atom is -0.184 e. The number of benzene rings is 2. The summed E-state index contributed by atoms with van der Waals surface area (Å²) in [4.78, 5) is 0. The fraction of sp³-hybridized carbons (Fsp3) is 0.250. The highest BCUT2D eigenvalue weighted by Crippen LogP contribution is 2.16. The van der Waals surface area contributed by atoms with Crippen LogP contribution in [0.15, 0.2) is 64.8 Å². The Kier molecular flexibility index (Phi) is 4.24. The van der Waals surface area contributed by atoms with E-state index in [9.17, 15) is 0 Å². The zero-order chi connectivity index (χ0) is 12.8. The Morgan fingerprint density at radius 1 is 0.889 bits per heavy atom. The molecule has 2 heteroatoms. The van der Waals surface area contributed by atoms with Crippen molar-refractivity contribution in [1.82, 2.24) is 0 Å². The number of azo groups is 1. The van der Waals surface area contributed by atoms with Gasteiger partial charge in [-0.2, -0.15) is 10.2 Å². The first-order valence-electron chi connectivity index (χ1n) is 6.27. The molecule has 0 bridgehead atoms. The van der Waals surface area contributed by atoms with E-state index in [1.54, 1.807) is 0 Å². The molecule has 2 aromatic rings. The highest BCUT2D eigenvalue weighted by Gasteiger charge is 1.98. The molecule has 18 heavy (non-hydrogen) atoms. The summed E-state index contributed by atoms with van der Waals surface area (Å²) in [5, 5.41) is 8.40. The van der Waals surface area contributed by atoms with Crippen LogP contribution in [-0.2, 0) is 6.54 Å². The van der Waals surface area contributed by atoms with E-state index in [4.69, 9.17) is 0 Å². The van der Waals surface area contributed by atoms with Gasteiger partial charge in [-0.15, -0.1) is 0 Å². The minimum absolute atomic E-state index is 0.574. The largest absolute Gasteiger partial charge is 0.184 e. The van der Waals surface area contributed by atoms with Gasteiger partial charge in [0.25, 0.3) is 0 Å². The summed E-state index contributed by atoms with van der Waals surface area (Å²) < 4.78 is 0. The SMILES string of the molecule is CC(C)c1ccc(CN=Nc2ccccc2)cc1. The van der Waals surface area contributed by atoms with Crippen molar-refractivity contribution < 1.29 is 0 Å². The topological polar surface area (TPSA) is 24.7 Å². The van der Waals surface area contributed by atoms with Crippen molar-refractivity contribution in [3.05, 3.63) is 65.7 Å². The average molecular weight is 238 g/mol. The first-order chi connectivity index (χ1) is 8.75. The summed E-state index contributed by atoms with van der Waals surface area (Å²) in [5.74, 6) is 0.574. The van der Waals surface area contributed by atoms with Gasteiger partial charge in [0, 0.05) is 0 Å². The predicted octanol–water partition coefficient (Wildman–Crippen LogP) is 5.09. The first-order valence-corrected chi connectivity index (χ1v) is 6.27. The van der Waals surface area contributed by atoms with Crippen molar-refractivity contribution in [3.8, 4) is 0 Å². The molecule has 0 amide bonds. The third-order valence-corrected chi connectivity index (χ3v) is 2.84. The van der Waals surface area contributed by atoms with Crippen LogP contribution >= 0.6 is 0 Å². The molecule has 0 saturated carbocycles. The van der Waals surface area contributed by atoms with Crippen LogP contribution in [0.2, 0.25) is 0 Å². The van der Waals surface area contributed by atoms with Crippen LogP contribution in [0.4, 0.5) is 5.69 Å². The van der Waals surface area contributed by atoms with Crippen molar-refractivity contribution >= 4 is 5.69 Å². The first kappa shape index (κ1) is 12.5. The molecule has 0 unspecified atom stereocenters. The quantitative estimate of drug-likeness (QED) is 0.662. The molecule has 0 aromatic heterocycles. The van der Waals surface area contributed by atoms with Crippen molar-refractivity contribution in [1.29, 1.82) is 0 Å². The van der Waals surface area contributed by atoms with E-state index in [1.165, 1.54) is 11.1 Å². The van der Waals surface area contributed by atoms with E-state index in [0.29, 0.717) is 12.5 Å². The van der Waals surface area contributed by atoms with Crippen molar-refractivity contribution in [3.63, 3.8) is 0 Å². The molecule has 0 aliphatic rings. The maximum Gasteiger partial charge on any atom is 0.0853 e. The fourth-order valence-electron chi connectivity index (χ4n) is 1.70. The maximum absolute atomic E-state index is 4.21. The summed E-state index contributed by atoms with van der Waals surface area (Å²) in [6, 6.07) is 18.4. The maximum atomic E-state index is 4.21. The van der Waals surface area contributed by atoms with Gasteiger partial charge in [-0.25, -0.2) is 0 Å². The lowest BCUT2D eigenvalue weighted by molar-refractivity contribution is 0.863. The molecular weight excluding hydrogens is 220 g/mol. The van der Waals surface area contributed by atoms with E-state index in [-0.39, 0.29) is 0 Å². The fourth-order valence-corrected chi connectivity index (χ4v) is 1.70. The number of hydrogen-bond acceptors (Lipinski definition) is 2. The van der Waals surface area contributed by atoms with Gasteiger partial charge in [-0.3, -0.25) is 0 Å². The zero-order valence-corrected chi connectivity index (χ0v) is 10.9. The molecule has 0 fully saturated rings. The minimum atomic E-state index is 0.574. The van der Waals surface area contributed by atoms with E-state index < -0.39 is 0 Å². The van der Waals surface area contributed by atoms with Gasteiger partial charge in [-0.05, 0) is 29.2 Å². The number of nitrogens with zero attached hydrogens (tertiary/aromatic N) is 2. The summed E-state index contributed by atoms with van der Waals surface area (Å²) in [5.41, 5.74) is 3.45. The van der Waals surface area contributed by atoms with Crippen LogP contribution in [0.25, 0.3) is 0 Å². The van der Waals surface area contributed by atoms with E-state index >= 15 is 0 Å². The molecule has 2 rings (SSSR count). The summed E-state index contributed by atoms with van der Waals surface area (Å²) >= 11 is 0. The van der Waals surface area contributed by atoms with E-state index in [2.05, 4.69) is 48.3 Å². The molecule has 0 spiro atoms. The summed E-state index contributed by atoms with van der Waals surface area (Å²) in [6.45, 7) is 5.03. The summed E-state index contributed by atoms with van der Waals surface area (Å²) in [7, 11) is 0. The average Bonchev–Trinajstić information content (AvgIpc) is 2.40. The van der Waals surface area contributed by atoms with Gasteiger partial charge in [0.05, 0.1) is 12.2 Å². The molecule has 0 heterocycles. The Morgan fingerprint density at radius 3 is 2.17 bits per heavy atom. The Morgan fingerprint density at radius 2 is 1.56 bits per heavy atom. The third kappa shape index (κ3) is 3.52. The lowest BCUT2D eigenvalue weighted by Gasteiger charge is -2.05. The van der Waals surface area contributed by atoms with Gasteiger partial charge in [-0.1, -0.05) is 56.3 Å². The Balaban J connectivity index is 1.96. The molecule has 0 radical (unpaired) electrons. The van der Waals surface area contributed by atoms with Gasteiger partial charge in [0.1, 0.15) is 0 Å². The van der Waals surface area contributed by atoms with Crippen LogP contribution in [0.5, 0.6) is 0 Å². The molecule has 2 nitrogen and oxygen atoms in total. The van der Waals surface area contributed by atoms with E-state index in [0.717, 1.165) is 5.69 Å². The highest BCUT2D eigenvalue weighted by atomic mass is 15.1. The van der Waals surface area contributed by atoms with Gasteiger partial charge < -0.3 is 0 Å². The van der Waals surface area contributed by atoms with Crippen molar-refractivity contribution in [2.45, 2.75) is 26.3 Å².